The topological polar surface area (TPSA) is 109 Å². The van der Waals surface area contributed by atoms with Gasteiger partial charge in [-0.25, -0.2) is 4.98 Å². The second kappa shape index (κ2) is 8.46. The number of nitro groups is 1. The number of carbonyl (C=O) groups excluding carboxylic acids is 1. The van der Waals surface area contributed by atoms with E-state index >= 15 is 0 Å². The van der Waals surface area contributed by atoms with E-state index in [2.05, 4.69) is 16.4 Å². The second-order valence-electron chi connectivity index (χ2n) is 6.23. The van der Waals surface area contributed by atoms with E-state index in [9.17, 15) is 20.2 Å². The van der Waals surface area contributed by atoms with Gasteiger partial charge < -0.3 is 5.32 Å². The van der Waals surface area contributed by atoms with Crippen LogP contribution < -0.4 is 5.32 Å². The molecule has 1 amide bonds. The summed E-state index contributed by atoms with van der Waals surface area (Å²) in [6.45, 7) is 3.36. The number of benzene rings is 2. The van der Waals surface area contributed by atoms with Crippen molar-refractivity contribution in [1.82, 2.24) is 4.98 Å². The molecule has 0 atom stereocenters. The van der Waals surface area contributed by atoms with E-state index < -0.39 is 4.92 Å². The summed E-state index contributed by atoms with van der Waals surface area (Å²) in [4.78, 5) is 26.9. The summed E-state index contributed by atoms with van der Waals surface area (Å²) in [7, 11) is 0. The molecule has 0 aliphatic rings. The molecule has 0 unspecified atom stereocenters. The summed E-state index contributed by atoms with van der Waals surface area (Å²) in [5, 5.41) is 24.5. The van der Waals surface area contributed by atoms with Crippen LogP contribution in [0.15, 0.2) is 48.5 Å². The molecule has 8 heteroatoms. The summed E-state index contributed by atoms with van der Waals surface area (Å²) in [6, 6.07) is 15.9. The van der Waals surface area contributed by atoms with Gasteiger partial charge in [0.15, 0.2) is 0 Å². The molecular weight excluding hydrogens is 388 g/mol. The van der Waals surface area contributed by atoms with Crippen LogP contribution in [0.5, 0.6) is 0 Å². The predicted octanol–water partition coefficient (Wildman–Crippen LogP) is 5.05. The number of allylic oxidation sites excluding steroid dienone is 1. The van der Waals surface area contributed by atoms with Crippen molar-refractivity contribution in [1.29, 1.82) is 5.26 Å². The third-order valence-electron chi connectivity index (χ3n) is 4.03. The number of nitrogens with zero attached hydrogens (tertiary/aromatic N) is 3. The zero-order valence-electron chi connectivity index (χ0n) is 15.7. The number of para-hydroxylation sites is 1. The summed E-state index contributed by atoms with van der Waals surface area (Å²) >= 11 is 1.15. The molecule has 0 radical (unpaired) electrons. The Morgan fingerprint density at radius 3 is 2.55 bits per heavy atom. The van der Waals surface area contributed by atoms with E-state index in [0.29, 0.717) is 21.3 Å². The Morgan fingerprint density at radius 1 is 1.24 bits per heavy atom. The fourth-order valence-corrected chi connectivity index (χ4v) is 3.66. The van der Waals surface area contributed by atoms with Crippen molar-refractivity contribution in [3.8, 4) is 17.3 Å². The molecule has 0 spiro atoms. The second-order valence-corrected chi connectivity index (χ2v) is 7.23. The van der Waals surface area contributed by atoms with Gasteiger partial charge in [-0.15, -0.1) is 0 Å². The fourth-order valence-electron chi connectivity index (χ4n) is 2.66. The summed E-state index contributed by atoms with van der Waals surface area (Å²) in [5.74, 6) is -0.255. The molecule has 0 saturated heterocycles. The molecule has 0 aliphatic heterocycles. The third-order valence-corrected chi connectivity index (χ3v) is 5.03. The number of hydrogen-bond acceptors (Lipinski definition) is 6. The average molecular weight is 404 g/mol. The smallest absolute Gasteiger partial charge is 0.276 e. The highest BCUT2D eigenvalue weighted by Crippen LogP contribution is 2.37. The Bertz CT molecular complexity index is 1160. The van der Waals surface area contributed by atoms with E-state index in [1.807, 2.05) is 31.2 Å². The molecule has 1 N–H and O–H groups in total. The van der Waals surface area contributed by atoms with Crippen LogP contribution in [0.1, 0.15) is 23.1 Å². The van der Waals surface area contributed by atoms with E-state index in [0.717, 1.165) is 22.5 Å². The zero-order chi connectivity index (χ0) is 21.0. The number of nitriles is 1. The standard InChI is InChI=1S/C21H16N4O3S/c1-13-7-9-15(10-8-13)19-21(23-14(2)26)29-20(24-19)17(12-22)11-16-5-3-4-6-18(16)25(27)28/h3-11H,1-2H3,(H,23,26). The molecule has 144 valence electrons. The monoisotopic (exact) mass is 404 g/mol. The third kappa shape index (κ3) is 4.54. The van der Waals surface area contributed by atoms with Crippen LogP contribution in [0.4, 0.5) is 10.7 Å². The number of hydrogen-bond donors (Lipinski definition) is 1. The highest BCUT2D eigenvalue weighted by Gasteiger charge is 2.18. The first-order valence-corrected chi connectivity index (χ1v) is 9.41. The number of carbonyl (C=O) groups is 1. The molecule has 2 aromatic carbocycles. The normalized spacial score (nSPS) is 11.0. The number of nitrogens with one attached hydrogen (secondary N) is 1. The van der Waals surface area contributed by atoms with Crippen molar-refractivity contribution in [3.63, 3.8) is 0 Å². The number of nitro benzene ring substituents is 1. The van der Waals surface area contributed by atoms with Gasteiger partial charge in [0.1, 0.15) is 21.8 Å². The van der Waals surface area contributed by atoms with Crippen molar-refractivity contribution in [2.45, 2.75) is 13.8 Å². The lowest BCUT2D eigenvalue weighted by atomic mass is 10.1. The maximum atomic E-state index is 11.6. The van der Waals surface area contributed by atoms with E-state index in [1.165, 1.54) is 19.1 Å². The van der Waals surface area contributed by atoms with Gasteiger partial charge in [0, 0.05) is 18.6 Å². The molecule has 1 heterocycles. The Morgan fingerprint density at radius 2 is 1.93 bits per heavy atom. The lowest BCUT2D eigenvalue weighted by molar-refractivity contribution is -0.385. The van der Waals surface area contributed by atoms with Gasteiger partial charge in [0.25, 0.3) is 5.69 Å². The van der Waals surface area contributed by atoms with Gasteiger partial charge in [-0.1, -0.05) is 53.3 Å². The molecule has 3 aromatic rings. The van der Waals surface area contributed by atoms with Gasteiger partial charge in [0.05, 0.1) is 16.1 Å². The van der Waals surface area contributed by atoms with Gasteiger partial charge in [-0.2, -0.15) is 5.26 Å². The number of aryl methyl sites for hydroxylation is 1. The minimum Gasteiger partial charge on any atom is -0.316 e. The first-order chi connectivity index (χ1) is 13.9. The van der Waals surface area contributed by atoms with Gasteiger partial charge in [0.2, 0.25) is 5.91 Å². The molecule has 7 nitrogen and oxygen atoms in total. The molecule has 0 saturated carbocycles. The number of aromatic nitrogens is 1. The van der Waals surface area contributed by atoms with Crippen molar-refractivity contribution >= 4 is 39.6 Å². The molecule has 0 fully saturated rings. The molecule has 1 aromatic heterocycles. The van der Waals surface area contributed by atoms with Crippen molar-refractivity contribution in [3.05, 3.63) is 74.8 Å². The Hall–Kier alpha value is -3.83. The maximum Gasteiger partial charge on any atom is 0.276 e. The number of thiazole rings is 1. The van der Waals surface area contributed by atoms with Crippen molar-refractivity contribution in [2.75, 3.05) is 5.32 Å². The van der Waals surface area contributed by atoms with Crippen LogP contribution in [-0.2, 0) is 4.79 Å². The van der Waals surface area contributed by atoms with Crippen LogP contribution in [0.25, 0.3) is 22.9 Å². The van der Waals surface area contributed by atoms with Crippen LogP contribution in [0.3, 0.4) is 0 Å². The molecule has 0 aliphatic carbocycles. The van der Waals surface area contributed by atoms with E-state index in [-0.39, 0.29) is 17.2 Å². The van der Waals surface area contributed by atoms with E-state index in [4.69, 9.17) is 0 Å². The van der Waals surface area contributed by atoms with Gasteiger partial charge in [-0.3, -0.25) is 14.9 Å². The Balaban J connectivity index is 2.12. The molecule has 0 bridgehead atoms. The molecule has 29 heavy (non-hydrogen) atoms. The fraction of sp³-hybridized carbons (Fsp3) is 0.0952. The highest BCUT2D eigenvalue weighted by molar-refractivity contribution is 7.17. The van der Waals surface area contributed by atoms with Crippen molar-refractivity contribution in [2.24, 2.45) is 0 Å². The SMILES string of the molecule is CC(=O)Nc1sc(C(C#N)=Cc2ccccc2[N+](=O)[O-])nc1-c1ccc(C)cc1. The Labute approximate surface area is 171 Å². The lowest BCUT2D eigenvalue weighted by Gasteiger charge is -2.03. The number of amides is 1. The van der Waals surface area contributed by atoms with Crippen LogP contribution >= 0.6 is 11.3 Å². The maximum absolute atomic E-state index is 11.6. The minimum absolute atomic E-state index is 0.0994. The lowest BCUT2D eigenvalue weighted by Crippen LogP contribution is -2.05. The quantitative estimate of drug-likeness (QED) is 0.364. The summed E-state index contributed by atoms with van der Waals surface area (Å²) < 4.78 is 0. The highest BCUT2D eigenvalue weighted by atomic mass is 32.1. The summed E-state index contributed by atoms with van der Waals surface area (Å²) in [6.07, 6.45) is 1.44. The van der Waals surface area contributed by atoms with Gasteiger partial charge in [-0.05, 0) is 19.1 Å². The van der Waals surface area contributed by atoms with Crippen LogP contribution in [0, 0.1) is 28.4 Å². The first kappa shape index (κ1) is 19.9. The van der Waals surface area contributed by atoms with Crippen molar-refractivity contribution < 1.29 is 9.72 Å². The molecular formula is C21H16N4O3S. The minimum atomic E-state index is -0.497. The molecule has 3 rings (SSSR count). The van der Waals surface area contributed by atoms with E-state index in [1.54, 1.807) is 18.2 Å². The number of rotatable bonds is 5. The first-order valence-electron chi connectivity index (χ1n) is 8.60. The Kier molecular flexibility index (Phi) is 5.81. The summed E-state index contributed by atoms with van der Waals surface area (Å²) in [5.41, 5.74) is 2.81. The predicted molar refractivity (Wildman–Crippen MR) is 113 cm³/mol. The number of anilines is 1. The average Bonchev–Trinajstić information content (AvgIpc) is 3.09. The van der Waals surface area contributed by atoms with Crippen LogP contribution in [0.2, 0.25) is 0 Å². The van der Waals surface area contributed by atoms with Gasteiger partial charge >= 0.3 is 0 Å². The largest absolute Gasteiger partial charge is 0.316 e. The van der Waals surface area contributed by atoms with Crippen LogP contribution in [-0.4, -0.2) is 15.8 Å². The zero-order valence-corrected chi connectivity index (χ0v) is 16.5.